The summed E-state index contributed by atoms with van der Waals surface area (Å²) in [6.07, 6.45) is 1.57. The van der Waals surface area contributed by atoms with Gasteiger partial charge in [-0.25, -0.2) is 9.78 Å². The first-order chi connectivity index (χ1) is 7.58. The van der Waals surface area contributed by atoms with E-state index in [4.69, 9.17) is 16.7 Å². The van der Waals surface area contributed by atoms with Gasteiger partial charge < -0.3 is 15.7 Å². The summed E-state index contributed by atoms with van der Waals surface area (Å²) in [5.41, 5.74) is 0.568. The fourth-order valence-electron chi connectivity index (χ4n) is 1.02. The van der Waals surface area contributed by atoms with E-state index in [-0.39, 0.29) is 6.03 Å². The largest absolute Gasteiger partial charge is 0.393 e. The number of nitrogens with one attached hydrogen (secondary N) is 2. The summed E-state index contributed by atoms with van der Waals surface area (Å²) < 4.78 is 0. The molecule has 1 atom stereocenters. The minimum Gasteiger partial charge on any atom is -0.393 e. The van der Waals surface area contributed by atoms with Gasteiger partial charge >= 0.3 is 6.03 Å². The van der Waals surface area contributed by atoms with Crippen LogP contribution in [-0.2, 0) is 0 Å². The molecule has 0 spiro atoms. The Morgan fingerprint density at radius 1 is 1.62 bits per heavy atom. The van der Waals surface area contributed by atoms with Crippen LogP contribution in [0, 0.1) is 0 Å². The molecule has 2 amide bonds. The van der Waals surface area contributed by atoms with E-state index in [9.17, 15) is 4.79 Å². The fraction of sp³-hybridized carbons (Fsp3) is 0.400. The van der Waals surface area contributed by atoms with Crippen molar-refractivity contribution >= 4 is 23.3 Å². The number of aromatic nitrogens is 1. The molecule has 0 radical (unpaired) electrons. The Kier molecular flexibility index (Phi) is 5.01. The maximum Gasteiger partial charge on any atom is 0.319 e. The van der Waals surface area contributed by atoms with Crippen molar-refractivity contribution in [2.45, 2.75) is 19.4 Å². The zero-order chi connectivity index (χ0) is 12.0. The highest BCUT2D eigenvalue weighted by atomic mass is 35.5. The van der Waals surface area contributed by atoms with Gasteiger partial charge in [-0.1, -0.05) is 11.6 Å². The lowest BCUT2D eigenvalue weighted by atomic mass is 10.3. The summed E-state index contributed by atoms with van der Waals surface area (Å²) in [7, 11) is 0. The monoisotopic (exact) mass is 243 g/mol. The van der Waals surface area contributed by atoms with E-state index < -0.39 is 6.10 Å². The van der Waals surface area contributed by atoms with Gasteiger partial charge in [-0.3, -0.25) is 0 Å². The van der Waals surface area contributed by atoms with Gasteiger partial charge in [-0.15, -0.1) is 0 Å². The second-order valence-corrected chi connectivity index (χ2v) is 3.78. The summed E-state index contributed by atoms with van der Waals surface area (Å²) in [6.45, 7) is 2.09. The molecule has 16 heavy (non-hydrogen) atoms. The number of urea groups is 1. The molecule has 1 heterocycles. The van der Waals surface area contributed by atoms with E-state index in [0.29, 0.717) is 23.8 Å². The summed E-state index contributed by atoms with van der Waals surface area (Å²) in [4.78, 5) is 15.1. The number of anilines is 1. The van der Waals surface area contributed by atoms with Gasteiger partial charge in [-0.2, -0.15) is 0 Å². The molecule has 5 nitrogen and oxygen atoms in total. The summed E-state index contributed by atoms with van der Waals surface area (Å²) in [5, 5.41) is 14.6. The van der Waals surface area contributed by atoms with Crippen molar-refractivity contribution in [3.63, 3.8) is 0 Å². The van der Waals surface area contributed by atoms with Gasteiger partial charge in [0.15, 0.2) is 0 Å². The number of hydrogen-bond acceptors (Lipinski definition) is 3. The third-order valence-electron chi connectivity index (χ3n) is 1.83. The van der Waals surface area contributed by atoms with Gasteiger partial charge in [0.1, 0.15) is 5.15 Å². The molecule has 1 aromatic heterocycles. The molecular formula is C10H14ClN3O2. The van der Waals surface area contributed by atoms with Gasteiger partial charge in [-0.05, 0) is 25.5 Å². The van der Waals surface area contributed by atoms with Crippen LogP contribution in [0.2, 0.25) is 5.15 Å². The van der Waals surface area contributed by atoms with E-state index in [0.717, 1.165) is 0 Å². The lowest BCUT2D eigenvalue weighted by Crippen LogP contribution is -2.30. The smallest absolute Gasteiger partial charge is 0.319 e. The Morgan fingerprint density at radius 3 is 2.94 bits per heavy atom. The average molecular weight is 244 g/mol. The molecule has 0 saturated heterocycles. The molecule has 0 bridgehead atoms. The van der Waals surface area contributed by atoms with Gasteiger partial charge in [0.25, 0.3) is 0 Å². The quantitative estimate of drug-likeness (QED) is 0.704. The number of halogens is 1. The molecule has 6 heteroatoms. The summed E-state index contributed by atoms with van der Waals surface area (Å²) in [6, 6.07) is 2.92. The predicted octanol–water partition coefficient (Wildman–Crippen LogP) is 1.63. The second kappa shape index (κ2) is 6.30. The molecule has 0 aliphatic heterocycles. The molecule has 3 N–H and O–H groups in total. The lowest BCUT2D eigenvalue weighted by Gasteiger charge is -2.08. The van der Waals surface area contributed by atoms with E-state index in [1.54, 1.807) is 19.1 Å². The SMILES string of the molecule is CC(O)CCNC(=O)Nc1ccc(Cl)nc1. The Hall–Kier alpha value is -1.33. The molecule has 0 saturated carbocycles. The number of carbonyl (C=O) groups excluding carboxylic acids is 1. The second-order valence-electron chi connectivity index (χ2n) is 3.39. The van der Waals surface area contributed by atoms with Crippen molar-refractivity contribution < 1.29 is 9.90 Å². The number of nitrogens with zero attached hydrogens (tertiary/aromatic N) is 1. The maximum atomic E-state index is 11.3. The van der Waals surface area contributed by atoms with Crippen LogP contribution < -0.4 is 10.6 Å². The van der Waals surface area contributed by atoms with E-state index in [2.05, 4.69) is 15.6 Å². The fourth-order valence-corrected chi connectivity index (χ4v) is 1.13. The van der Waals surface area contributed by atoms with Crippen LogP contribution in [0.4, 0.5) is 10.5 Å². The van der Waals surface area contributed by atoms with Crippen LogP contribution in [0.15, 0.2) is 18.3 Å². The van der Waals surface area contributed by atoms with Crippen LogP contribution >= 0.6 is 11.6 Å². The first-order valence-corrected chi connectivity index (χ1v) is 5.30. The molecule has 0 aliphatic rings. The van der Waals surface area contributed by atoms with Crippen LogP contribution in [0.3, 0.4) is 0 Å². The van der Waals surface area contributed by atoms with Crippen molar-refractivity contribution in [1.29, 1.82) is 0 Å². The van der Waals surface area contributed by atoms with Crippen molar-refractivity contribution in [3.8, 4) is 0 Å². The van der Waals surface area contributed by atoms with Crippen LogP contribution in [0.5, 0.6) is 0 Å². The number of aliphatic hydroxyl groups is 1. The van der Waals surface area contributed by atoms with Crippen LogP contribution in [0.25, 0.3) is 0 Å². The number of pyridine rings is 1. The number of hydrogen-bond donors (Lipinski definition) is 3. The van der Waals surface area contributed by atoms with Gasteiger partial charge in [0.05, 0.1) is 18.0 Å². The van der Waals surface area contributed by atoms with Crippen molar-refractivity contribution in [3.05, 3.63) is 23.5 Å². The van der Waals surface area contributed by atoms with Crippen LogP contribution in [0.1, 0.15) is 13.3 Å². The molecule has 0 fully saturated rings. The van der Waals surface area contributed by atoms with Crippen molar-refractivity contribution in [1.82, 2.24) is 10.3 Å². The topological polar surface area (TPSA) is 74.2 Å². The molecule has 1 aromatic rings. The Balaban J connectivity index is 2.31. The Labute approximate surface area is 98.8 Å². The lowest BCUT2D eigenvalue weighted by molar-refractivity contribution is 0.184. The third-order valence-corrected chi connectivity index (χ3v) is 2.06. The minimum absolute atomic E-state index is 0.329. The number of aliphatic hydroxyl groups excluding tert-OH is 1. The molecule has 0 aromatic carbocycles. The number of carbonyl (C=O) groups is 1. The zero-order valence-corrected chi connectivity index (χ0v) is 9.66. The predicted molar refractivity (Wildman–Crippen MR) is 62.6 cm³/mol. The highest BCUT2D eigenvalue weighted by Gasteiger charge is 2.02. The highest BCUT2D eigenvalue weighted by molar-refractivity contribution is 6.29. The van der Waals surface area contributed by atoms with E-state index in [1.807, 2.05) is 0 Å². The first kappa shape index (κ1) is 12.7. The first-order valence-electron chi connectivity index (χ1n) is 4.92. The minimum atomic E-state index is -0.419. The Morgan fingerprint density at radius 2 is 2.38 bits per heavy atom. The summed E-state index contributed by atoms with van der Waals surface area (Å²) >= 11 is 5.60. The van der Waals surface area contributed by atoms with Crippen molar-refractivity contribution in [2.75, 3.05) is 11.9 Å². The van der Waals surface area contributed by atoms with E-state index >= 15 is 0 Å². The molecule has 1 unspecified atom stereocenters. The standard InChI is InChI=1S/C10H14ClN3O2/c1-7(15)4-5-12-10(16)14-8-2-3-9(11)13-6-8/h2-3,6-7,15H,4-5H2,1H3,(H2,12,14,16). The van der Waals surface area contributed by atoms with Crippen molar-refractivity contribution in [2.24, 2.45) is 0 Å². The zero-order valence-electron chi connectivity index (χ0n) is 8.90. The molecule has 0 aliphatic carbocycles. The number of rotatable bonds is 4. The normalized spacial score (nSPS) is 11.9. The molecule has 88 valence electrons. The summed E-state index contributed by atoms with van der Waals surface area (Å²) in [5.74, 6) is 0. The van der Waals surface area contributed by atoms with Gasteiger partial charge in [0.2, 0.25) is 0 Å². The molecular weight excluding hydrogens is 230 g/mol. The van der Waals surface area contributed by atoms with Gasteiger partial charge in [0, 0.05) is 6.54 Å². The molecule has 1 rings (SSSR count). The van der Waals surface area contributed by atoms with E-state index in [1.165, 1.54) is 6.20 Å². The number of amides is 2. The highest BCUT2D eigenvalue weighted by Crippen LogP contribution is 2.09. The third kappa shape index (κ3) is 4.95. The Bertz CT molecular complexity index is 340. The van der Waals surface area contributed by atoms with Crippen LogP contribution in [-0.4, -0.2) is 28.8 Å². The maximum absolute atomic E-state index is 11.3. The average Bonchev–Trinajstić information content (AvgIpc) is 2.21.